The van der Waals surface area contributed by atoms with Gasteiger partial charge in [0, 0.05) is 24.2 Å². The lowest BCUT2D eigenvalue weighted by molar-refractivity contribution is -0.122. The molecule has 0 unspecified atom stereocenters. The number of carbonyl (C=O) groups excluding carboxylic acids is 1. The van der Waals surface area contributed by atoms with Crippen LogP contribution in [0.15, 0.2) is 48.5 Å². The summed E-state index contributed by atoms with van der Waals surface area (Å²) in [6, 6.07) is 15.5. The zero-order valence-corrected chi connectivity index (χ0v) is 18.0. The smallest absolute Gasteiger partial charge is 0.321 e. The van der Waals surface area contributed by atoms with E-state index in [0.29, 0.717) is 23.3 Å². The first-order valence-electron chi connectivity index (χ1n) is 10.9. The van der Waals surface area contributed by atoms with Gasteiger partial charge in [0.05, 0.1) is 19.6 Å². The van der Waals surface area contributed by atoms with Crippen LogP contribution in [0.4, 0.5) is 5.95 Å². The van der Waals surface area contributed by atoms with Gasteiger partial charge in [-0.2, -0.15) is 15.0 Å². The number of nitrogens with one attached hydrogen (secondary N) is 1. The van der Waals surface area contributed by atoms with Gasteiger partial charge in [0.25, 0.3) is 0 Å². The fourth-order valence-corrected chi connectivity index (χ4v) is 4.25. The number of methoxy groups -OCH3 is 1. The zero-order valence-electron chi connectivity index (χ0n) is 18.0. The average Bonchev–Trinajstić information content (AvgIpc) is 2.86. The number of ether oxygens (including phenoxy) is 2. The monoisotopic (exact) mass is 431 g/mol. The number of rotatable bonds is 5. The van der Waals surface area contributed by atoms with Crippen LogP contribution in [0.1, 0.15) is 42.1 Å². The number of carbonyl (C=O) groups is 1. The van der Waals surface area contributed by atoms with E-state index in [1.165, 1.54) is 13.5 Å². The van der Waals surface area contributed by atoms with Crippen molar-refractivity contribution < 1.29 is 14.3 Å². The molecule has 0 spiro atoms. The van der Waals surface area contributed by atoms with Crippen LogP contribution in [0.2, 0.25) is 0 Å². The van der Waals surface area contributed by atoms with Gasteiger partial charge in [-0.1, -0.05) is 36.4 Å². The summed E-state index contributed by atoms with van der Waals surface area (Å²) in [4.78, 5) is 28.8. The maximum Gasteiger partial charge on any atom is 0.321 e. The number of hydrogen-bond acceptors (Lipinski definition) is 7. The quantitative estimate of drug-likeness (QED) is 0.662. The normalized spacial score (nSPS) is 15.3. The zero-order chi connectivity index (χ0) is 21.9. The van der Waals surface area contributed by atoms with Crippen LogP contribution in [0, 0.1) is 0 Å². The highest BCUT2D eigenvalue weighted by Crippen LogP contribution is 2.43. The number of para-hydroxylation sites is 2. The topological polar surface area (TPSA) is 89.5 Å². The highest BCUT2D eigenvalue weighted by atomic mass is 16.5. The molecule has 0 bridgehead atoms. The van der Waals surface area contributed by atoms with Crippen molar-refractivity contribution in [3.8, 4) is 17.5 Å². The number of amides is 1. The SMILES string of the molecule is COc1nc(CNC(=O)C2c3ccccc3Oc3ccccc32)nc(N2CCCCC2)n1. The largest absolute Gasteiger partial charge is 0.467 e. The van der Waals surface area contributed by atoms with E-state index < -0.39 is 5.92 Å². The fraction of sp³-hybridized carbons (Fsp3) is 0.333. The van der Waals surface area contributed by atoms with Gasteiger partial charge in [-0.3, -0.25) is 4.79 Å². The number of piperidine rings is 1. The molecule has 8 heteroatoms. The van der Waals surface area contributed by atoms with Crippen molar-refractivity contribution in [1.29, 1.82) is 0 Å². The Morgan fingerprint density at radius 2 is 1.66 bits per heavy atom. The summed E-state index contributed by atoms with van der Waals surface area (Å²) in [5, 5.41) is 3.01. The second-order valence-corrected chi connectivity index (χ2v) is 7.91. The number of benzene rings is 2. The highest BCUT2D eigenvalue weighted by Gasteiger charge is 2.32. The Bertz CT molecular complexity index is 1080. The number of hydrogen-bond donors (Lipinski definition) is 1. The van der Waals surface area contributed by atoms with Crippen molar-refractivity contribution in [2.75, 3.05) is 25.1 Å². The predicted octanol–water partition coefficient (Wildman–Crippen LogP) is 3.42. The molecular formula is C24H25N5O3. The van der Waals surface area contributed by atoms with Crippen LogP contribution in [0.25, 0.3) is 0 Å². The number of fused-ring (bicyclic) bond motifs is 2. The predicted molar refractivity (Wildman–Crippen MR) is 119 cm³/mol. The summed E-state index contributed by atoms with van der Waals surface area (Å²) in [5.74, 6) is 1.86. The molecule has 1 fully saturated rings. The molecule has 3 heterocycles. The third-order valence-electron chi connectivity index (χ3n) is 5.83. The maximum absolute atomic E-state index is 13.4. The Morgan fingerprint density at radius 3 is 2.31 bits per heavy atom. The standard InChI is InChI=1S/C24H25N5O3/c1-31-24-27-20(26-23(28-24)29-13-7-2-8-14-29)15-25-22(30)21-16-9-3-5-11-18(16)32-19-12-6-4-10-17(19)21/h3-6,9-12,21H,2,7-8,13-15H2,1H3,(H,25,30). The lowest BCUT2D eigenvalue weighted by Gasteiger charge is -2.27. The Hall–Kier alpha value is -3.68. The summed E-state index contributed by atoms with van der Waals surface area (Å²) in [7, 11) is 1.54. The molecule has 0 saturated carbocycles. The Balaban J connectivity index is 1.39. The molecule has 0 radical (unpaired) electrons. The highest BCUT2D eigenvalue weighted by molar-refractivity contribution is 5.89. The van der Waals surface area contributed by atoms with Crippen LogP contribution >= 0.6 is 0 Å². The summed E-state index contributed by atoms with van der Waals surface area (Å²) in [6.45, 7) is 2.00. The van der Waals surface area contributed by atoms with Crippen LogP contribution in [0.5, 0.6) is 17.5 Å². The van der Waals surface area contributed by atoms with Crippen LogP contribution in [0.3, 0.4) is 0 Å². The molecule has 0 atom stereocenters. The molecule has 5 rings (SSSR count). The molecule has 32 heavy (non-hydrogen) atoms. The van der Waals surface area contributed by atoms with Crippen molar-refractivity contribution in [3.63, 3.8) is 0 Å². The molecule has 2 aromatic carbocycles. The van der Waals surface area contributed by atoms with Gasteiger partial charge in [0.1, 0.15) is 11.5 Å². The second kappa shape index (κ2) is 8.82. The van der Waals surface area contributed by atoms with E-state index in [4.69, 9.17) is 9.47 Å². The molecule has 8 nitrogen and oxygen atoms in total. The van der Waals surface area contributed by atoms with Gasteiger partial charge in [0.15, 0.2) is 5.82 Å². The van der Waals surface area contributed by atoms with E-state index in [1.807, 2.05) is 48.5 Å². The maximum atomic E-state index is 13.4. The van der Waals surface area contributed by atoms with E-state index in [-0.39, 0.29) is 18.5 Å². The fourth-order valence-electron chi connectivity index (χ4n) is 4.25. The Kier molecular flexibility index (Phi) is 5.58. The molecule has 2 aliphatic heterocycles. The molecule has 1 N–H and O–H groups in total. The lowest BCUT2D eigenvalue weighted by Crippen LogP contribution is -2.33. The molecular weight excluding hydrogens is 406 g/mol. The van der Waals surface area contributed by atoms with E-state index >= 15 is 0 Å². The van der Waals surface area contributed by atoms with Gasteiger partial charge in [-0.15, -0.1) is 0 Å². The minimum atomic E-state index is -0.471. The first-order valence-corrected chi connectivity index (χ1v) is 10.9. The van der Waals surface area contributed by atoms with Gasteiger partial charge >= 0.3 is 6.01 Å². The van der Waals surface area contributed by atoms with Gasteiger partial charge in [0.2, 0.25) is 11.9 Å². The molecule has 0 aliphatic carbocycles. The van der Waals surface area contributed by atoms with Crippen molar-refractivity contribution >= 4 is 11.9 Å². The van der Waals surface area contributed by atoms with Gasteiger partial charge in [-0.05, 0) is 31.4 Å². The van der Waals surface area contributed by atoms with E-state index in [9.17, 15) is 4.79 Å². The van der Waals surface area contributed by atoms with Crippen LogP contribution < -0.4 is 19.7 Å². The minimum Gasteiger partial charge on any atom is -0.467 e. The molecule has 3 aromatic rings. The van der Waals surface area contributed by atoms with Gasteiger partial charge < -0.3 is 19.7 Å². The third-order valence-corrected chi connectivity index (χ3v) is 5.83. The number of nitrogens with zero attached hydrogens (tertiary/aromatic N) is 4. The first kappa shape index (κ1) is 20.2. The third kappa shape index (κ3) is 3.95. The van der Waals surface area contributed by atoms with Crippen LogP contribution in [-0.4, -0.2) is 41.1 Å². The van der Waals surface area contributed by atoms with Crippen molar-refractivity contribution in [1.82, 2.24) is 20.3 Å². The van der Waals surface area contributed by atoms with Crippen molar-refractivity contribution in [2.45, 2.75) is 31.7 Å². The molecule has 1 saturated heterocycles. The number of aromatic nitrogens is 3. The van der Waals surface area contributed by atoms with E-state index in [1.54, 1.807) is 0 Å². The summed E-state index contributed by atoms with van der Waals surface area (Å²) >= 11 is 0. The van der Waals surface area contributed by atoms with E-state index in [0.717, 1.165) is 37.1 Å². The Morgan fingerprint density at radius 1 is 1.00 bits per heavy atom. The molecule has 164 valence electrons. The van der Waals surface area contributed by atoms with Crippen molar-refractivity contribution in [2.24, 2.45) is 0 Å². The minimum absolute atomic E-state index is 0.132. The van der Waals surface area contributed by atoms with E-state index in [2.05, 4.69) is 25.2 Å². The average molecular weight is 431 g/mol. The van der Waals surface area contributed by atoms with Gasteiger partial charge in [-0.25, -0.2) is 0 Å². The number of anilines is 1. The van der Waals surface area contributed by atoms with Crippen molar-refractivity contribution in [3.05, 3.63) is 65.5 Å². The molecule has 1 amide bonds. The Labute approximate surface area is 186 Å². The molecule has 1 aromatic heterocycles. The lowest BCUT2D eigenvalue weighted by atomic mass is 9.87. The summed E-state index contributed by atoms with van der Waals surface area (Å²) < 4.78 is 11.3. The molecule has 2 aliphatic rings. The summed E-state index contributed by atoms with van der Waals surface area (Å²) in [5.41, 5.74) is 1.68. The van der Waals surface area contributed by atoms with Crippen LogP contribution in [-0.2, 0) is 11.3 Å². The summed E-state index contributed by atoms with van der Waals surface area (Å²) in [6.07, 6.45) is 3.45. The second-order valence-electron chi connectivity index (χ2n) is 7.91. The first-order chi connectivity index (χ1) is 15.7.